The molecule has 0 radical (unpaired) electrons. The highest BCUT2D eigenvalue weighted by Crippen LogP contribution is 2.22. The maximum Gasteiger partial charge on any atom is 0.223 e. The summed E-state index contributed by atoms with van der Waals surface area (Å²) < 4.78 is 1.03. The first kappa shape index (κ1) is 12.6. The molecule has 1 aromatic carbocycles. The molecule has 0 fully saturated rings. The number of thioether (sulfide) groups is 1. The zero-order chi connectivity index (χ0) is 12.3. The molecule has 90 valence electrons. The average molecular weight is 312 g/mol. The Morgan fingerprint density at radius 1 is 1.47 bits per heavy atom. The van der Waals surface area contributed by atoms with Gasteiger partial charge in [0.15, 0.2) is 0 Å². The van der Waals surface area contributed by atoms with Crippen molar-refractivity contribution in [3.05, 3.63) is 28.9 Å². The van der Waals surface area contributed by atoms with Crippen LogP contribution < -0.4 is 5.32 Å². The molecule has 0 aliphatic carbocycles. The molecule has 0 bridgehead atoms. The van der Waals surface area contributed by atoms with Gasteiger partial charge in [0.05, 0.1) is 5.52 Å². The Kier molecular flexibility index (Phi) is 4.23. The Labute approximate surface area is 114 Å². The Hall–Kier alpha value is -0.810. The second-order valence-electron chi connectivity index (χ2n) is 3.87. The molecule has 0 saturated carbocycles. The highest BCUT2D eigenvalue weighted by Gasteiger charge is 2.05. The number of hydrogen-bond donors (Lipinski definition) is 1. The smallest absolute Gasteiger partial charge is 0.223 e. The molecular formula is C12H14BrN3S. The fourth-order valence-electron chi connectivity index (χ4n) is 1.60. The summed E-state index contributed by atoms with van der Waals surface area (Å²) in [5.74, 6) is 1.73. The minimum atomic E-state index is 0.370. The third kappa shape index (κ3) is 3.10. The van der Waals surface area contributed by atoms with E-state index in [2.05, 4.69) is 44.4 Å². The Bertz CT molecular complexity index is 518. The highest BCUT2D eigenvalue weighted by molar-refractivity contribution is 9.10. The molecule has 0 aliphatic rings. The molecule has 3 nitrogen and oxygen atoms in total. The van der Waals surface area contributed by atoms with Gasteiger partial charge in [-0.3, -0.25) is 0 Å². The van der Waals surface area contributed by atoms with Crippen molar-refractivity contribution in [2.24, 2.45) is 0 Å². The molecule has 1 N–H and O–H groups in total. The van der Waals surface area contributed by atoms with E-state index in [0.29, 0.717) is 12.0 Å². The van der Waals surface area contributed by atoms with Crippen LogP contribution in [0.4, 0.5) is 5.95 Å². The quantitative estimate of drug-likeness (QED) is 0.937. The fraction of sp³-hybridized carbons (Fsp3) is 0.333. The van der Waals surface area contributed by atoms with Crippen LogP contribution in [-0.4, -0.2) is 28.0 Å². The first-order chi connectivity index (χ1) is 8.20. The monoisotopic (exact) mass is 311 g/mol. The zero-order valence-corrected chi connectivity index (χ0v) is 12.2. The van der Waals surface area contributed by atoms with E-state index in [9.17, 15) is 0 Å². The number of aromatic nitrogens is 2. The summed E-state index contributed by atoms with van der Waals surface area (Å²) in [6, 6.07) is 6.34. The second kappa shape index (κ2) is 5.69. The van der Waals surface area contributed by atoms with E-state index in [1.165, 1.54) is 0 Å². The van der Waals surface area contributed by atoms with Crippen molar-refractivity contribution < 1.29 is 0 Å². The van der Waals surface area contributed by atoms with E-state index in [1.54, 1.807) is 0 Å². The number of anilines is 1. The van der Waals surface area contributed by atoms with Crippen molar-refractivity contribution in [3.63, 3.8) is 0 Å². The van der Waals surface area contributed by atoms with E-state index < -0.39 is 0 Å². The summed E-state index contributed by atoms with van der Waals surface area (Å²) in [7, 11) is 0. The third-order valence-electron chi connectivity index (χ3n) is 2.36. The number of rotatable bonds is 4. The summed E-state index contributed by atoms with van der Waals surface area (Å²) in [6.45, 7) is 2.13. The average Bonchev–Trinajstić information content (AvgIpc) is 2.29. The standard InChI is InChI=1S/C12H14BrN3S/c1-8(7-17-2)15-12-14-6-9-10(13)4-3-5-11(9)16-12/h3-6,8H,7H2,1-2H3,(H,14,15,16). The van der Waals surface area contributed by atoms with E-state index >= 15 is 0 Å². The van der Waals surface area contributed by atoms with Crippen molar-refractivity contribution in [1.29, 1.82) is 0 Å². The van der Waals surface area contributed by atoms with Gasteiger partial charge in [-0.15, -0.1) is 0 Å². The van der Waals surface area contributed by atoms with Gasteiger partial charge in [-0.05, 0) is 25.3 Å². The lowest BCUT2D eigenvalue weighted by atomic mass is 10.2. The number of nitrogens with one attached hydrogen (secondary N) is 1. The molecule has 1 atom stereocenters. The molecule has 0 aliphatic heterocycles. The van der Waals surface area contributed by atoms with Crippen molar-refractivity contribution in [2.45, 2.75) is 13.0 Å². The van der Waals surface area contributed by atoms with Gasteiger partial charge in [0.25, 0.3) is 0 Å². The highest BCUT2D eigenvalue weighted by atomic mass is 79.9. The molecule has 0 amide bonds. The van der Waals surface area contributed by atoms with Crippen LogP contribution >= 0.6 is 27.7 Å². The predicted octanol–water partition coefficient (Wildman–Crippen LogP) is 3.56. The first-order valence-electron chi connectivity index (χ1n) is 5.37. The minimum Gasteiger partial charge on any atom is -0.351 e. The number of nitrogens with zero attached hydrogens (tertiary/aromatic N) is 2. The zero-order valence-electron chi connectivity index (χ0n) is 9.77. The first-order valence-corrected chi connectivity index (χ1v) is 7.56. The van der Waals surface area contributed by atoms with Gasteiger partial charge in [-0.25, -0.2) is 9.97 Å². The normalized spacial score (nSPS) is 12.6. The van der Waals surface area contributed by atoms with Gasteiger partial charge >= 0.3 is 0 Å². The van der Waals surface area contributed by atoms with Gasteiger partial charge in [0.2, 0.25) is 5.95 Å². The molecule has 0 spiro atoms. The molecule has 2 aromatic rings. The number of benzene rings is 1. The maximum absolute atomic E-state index is 4.50. The molecule has 1 unspecified atom stereocenters. The lowest BCUT2D eigenvalue weighted by molar-refractivity contribution is 0.891. The van der Waals surface area contributed by atoms with Crippen LogP contribution in [0.25, 0.3) is 10.9 Å². The molecule has 1 heterocycles. The number of hydrogen-bond acceptors (Lipinski definition) is 4. The topological polar surface area (TPSA) is 37.8 Å². The summed E-state index contributed by atoms with van der Waals surface area (Å²) in [5, 5.41) is 4.33. The summed E-state index contributed by atoms with van der Waals surface area (Å²) >= 11 is 5.30. The molecule has 17 heavy (non-hydrogen) atoms. The van der Waals surface area contributed by atoms with Crippen LogP contribution in [0.2, 0.25) is 0 Å². The maximum atomic E-state index is 4.50. The molecule has 2 rings (SSSR count). The van der Waals surface area contributed by atoms with Crippen molar-refractivity contribution in [2.75, 3.05) is 17.3 Å². The van der Waals surface area contributed by atoms with Crippen LogP contribution in [0, 0.1) is 0 Å². The van der Waals surface area contributed by atoms with Gasteiger partial charge < -0.3 is 5.32 Å². The van der Waals surface area contributed by atoms with Crippen LogP contribution in [0.3, 0.4) is 0 Å². The summed E-state index contributed by atoms with van der Waals surface area (Å²) in [5.41, 5.74) is 0.952. The van der Waals surface area contributed by atoms with Crippen molar-refractivity contribution in [1.82, 2.24) is 9.97 Å². The second-order valence-corrected chi connectivity index (χ2v) is 5.63. The Balaban J connectivity index is 2.26. The van der Waals surface area contributed by atoms with E-state index in [1.807, 2.05) is 36.2 Å². The van der Waals surface area contributed by atoms with E-state index in [0.717, 1.165) is 21.1 Å². The largest absolute Gasteiger partial charge is 0.351 e. The minimum absolute atomic E-state index is 0.370. The molecule has 1 aromatic heterocycles. The number of halogens is 1. The Morgan fingerprint density at radius 3 is 3.06 bits per heavy atom. The predicted molar refractivity (Wildman–Crippen MR) is 78.7 cm³/mol. The van der Waals surface area contributed by atoms with Gasteiger partial charge in [0, 0.05) is 27.9 Å². The van der Waals surface area contributed by atoms with Crippen molar-refractivity contribution >= 4 is 44.5 Å². The lowest BCUT2D eigenvalue weighted by Gasteiger charge is -2.12. The Morgan fingerprint density at radius 2 is 2.29 bits per heavy atom. The summed E-state index contributed by atoms with van der Waals surface area (Å²) in [6.07, 6.45) is 3.94. The van der Waals surface area contributed by atoms with Crippen LogP contribution in [0.15, 0.2) is 28.9 Å². The van der Waals surface area contributed by atoms with Gasteiger partial charge in [0.1, 0.15) is 0 Å². The number of fused-ring (bicyclic) bond motifs is 1. The van der Waals surface area contributed by atoms with Gasteiger partial charge in [-0.1, -0.05) is 22.0 Å². The molecule has 5 heteroatoms. The third-order valence-corrected chi connectivity index (χ3v) is 3.89. The van der Waals surface area contributed by atoms with E-state index in [-0.39, 0.29) is 0 Å². The molecular weight excluding hydrogens is 298 g/mol. The van der Waals surface area contributed by atoms with Crippen LogP contribution in [0.1, 0.15) is 6.92 Å². The SMILES string of the molecule is CSCC(C)Nc1ncc2c(Br)cccc2n1. The van der Waals surface area contributed by atoms with Crippen LogP contribution in [-0.2, 0) is 0 Å². The lowest BCUT2D eigenvalue weighted by Crippen LogP contribution is -2.19. The van der Waals surface area contributed by atoms with Crippen LogP contribution in [0.5, 0.6) is 0 Å². The fourth-order valence-corrected chi connectivity index (χ4v) is 2.64. The van der Waals surface area contributed by atoms with E-state index in [4.69, 9.17) is 0 Å². The van der Waals surface area contributed by atoms with Crippen molar-refractivity contribution in [3.8, 4) is 0 Å². The molecule has 0 saturated heterocycles. The summed E-state index contributed by atoms with van der Waals surface area (Å²) in [4.78, 5) is 8.83. The van der Waals surface area contributed by atoms with Gasteiger partial charge in [-0.2, -0.15) is 11.8 Å².